The molecule has 0 aromatic heterocycles. The Bertz CT molecular complexity index is 892. The Hall–Kier alpha value is -1.26. The van der Waals surface area contributed by atoms with Gasteiger partial charge in [-0.1, -0.05) is 149 Å². The minimum Gasteiger partial charge on any atom is -0.466 e. The molecular weight excluding hydrogens is 739 g/mol. The van der Waals surface area contributed by atoms with Crippen molar-refractivity contribution < 1.29 is 29.3 Å². The van der Waals surface area contributed by atoms with Crippen LogP contribution in [0.5, 0.6) is 0 Å². The van der Waals surface area contributed by atoms with E-state index in [1.807, 2.05) is 0 Å². The molecule has 2 unspecified atom stereocenters. The maximum atomic E-state index is 12.9. The van der Waals surface area contributed by atoms with E-state index in [0.29, 0.717) is 51.9 Å². The molecule has 0 heterocycles. The molecule has 9 nitrogen and oxygen atoms in total. The second-order valence-electron chi connectivity index (χ2n) is 18.3. The van der Waals surface area contributed by atoms with Crippen molar-refractivity contribution >= 4 is 11.9 Å². The van der Waals surface area contributed by atoms with Crippen LogP contribution in [0.3, 0.4) is 0 Å². The van der Waals surface area contributed by atoms with Crippen LogP contribution in [0.1, 0.15) is 226 Å². The van der Waals surface area contributed by atoms with Gasteiger partial charge in [0.15, 0.2) is 0 Å². The lowest BCUT2D eigenvalue weighted by Gasteiger charge is -2.29. The van der Waals surface area contributed by atoms with Crippen molar-refractivity contribution in [2.24, 2.45) is 0 Å². The first kappa shape index (κ1) is 57.7. The van der Waals surface area contributed by atoms with Crippen LogP contribution in [-0.4, -0.2) is 122 Å². The fourth-order valence-corrected chi connectivity index (χ4v) is 8.02. The fourth-order valence-electron chi connectivity index (χ4n) is 8.02. The van der Waals surface area contributed by atoms with E-state index in [4.69, 9.17) is 9.47 Å². The van der Waals surface area contributed by atoms with Gasteiger partial charge in [-0.05, 0) is 105 Å². The normalized spacial score (nSPS) is 12.9. The van der Waals surface area contributed by atoms with Crippen molar-refractivity contribution in [1.29, 1.82) is 0 Å². The number of likely N-dealkylation sites (N-methyl/N-ethyl adjacent to an activating group) is 1. The highest BCUT2D eigenvalue weighted by atomic mass is 16.5. The molecule has 0 radical (unpaired) electrons. The quantitative estimate of drug-likeness (QED) is 0.0458. The summed E-state index contributed by atoms with van der Waals surface area (Å²) in [6.07, 6.45) is 33.7. The van der Waals surface area contributed by atoms with Gasteiger partial charge in [0.1, 0.15) is 6.10 Å². The molecule has 2 atom stereocenters. The summed E-state index contributed by atoms with van der Waals surface area (Å²) in [7, 11) is 6.22. The molecule has 0 saturated heterocycles. The molecule has 0 aliphatic carbocycles. The highest BCUT2D eigenvalue weighted by Crippen LogP contribution is 2.19. The molecular formula is C50H101N3O6. The standard InChI is InChI=1S/C50H101N3O6/c1-7-10-13-16-19-20-21-24-32-42-58-49(56)37-28-25-31-41-53(45-47(55)43-52(6)40-33-39-51(4)5)44-46(54)34-29-30-38-50(57)59-48(35-26-22-17-14-11-8-2)36-27-23-18-15-12-9-3/h46-48,54-55H,7-45H2,1-6H3. The number of aliphatic hydroxyl groups is 2. The first-order chi connectivity index (χ1) is 28.6. The van der Waals surface area contributed by atoms with Crippen LogP contribution in [0.25, 0.3) is 0 Å². The van der Waals surface area contributed by atoms with Gasteiger partial charge in [-0.2, -0.15) is 0 Å². The number of hydrogen-bond acceptors (Lipinski definition) is 9. The van der Waals surface area contributed by atoms with E-state index < -0.39 is 12.2 Å². The minimum absolute atomic E-state index is 0.0349. The fraction of sp³-hybridized carbons (Fsp3) is 0.960. The van der Waals surface area contributed by atoms with Crippen LogP contribution < -0.4 is 0 Å². The number of ether oxygens (including phenoxy) is 2. The predicted molar refractivity (Wildman–Crippen MR) is 250 cm³/mol. The molecule has 352 valence electrons. The second-order valence-corrected chi connectivity index (χ2v) is 18.3. The number of esters is 2. The zero-order chi connectivity index (χ0) is 43.6. The Kier molecular flexibility index (Phi) is 42.5. The summed E-state index contributed by atoms with van der Waals surface area (Å²) in [5, 5.41) is 22.1. The van der Waals surface area contributed by atoms with Crippen LogP contribution in [0.2, 0.25) is 0 Å². The minimum atomic E-state index is -0.528. The largest absolute Gasteiger partial charge is 0.466 e. The first-order valence-corrected chi connectivity index (χ1v) is 25.4. The van der Waals surface area contributed by atoms with E-state index in [9.17, 15) is 19.8 Å². The van der Waals surface area contributed by atoms with E-state index in [2.05, 4.69) is 56.6 Å². The summed E-state index contributed by atoms with van der Waals surface area (Å²) < 4.78 is 11.5. The molecule has 0 aromatic rings. The molecule has 0 spiro atoms. The van der Waals surface area contributed by atoms with Crippen LogP contribution >= 0.6 is 0 Å². The molecule has 0 fully saturated rings. The SMILES string of the molecule is CCCCCCCCCCCOC(=O)CCCCCN(CC(O)CCCCC(=O)OC(CCCCCCCC)CCCCCCCC)CC(O)CN(C)CCCN(C)C. The van der Waals surface area contributed by atoms with Crippen LogP contribution in [0, 0.1) is 0 Å². The predicted octanol–water partition coefficient (Wildman–Crippen LogP) is 11.5. The molecule has 0 rings (SSSR count). The van der Waals surface area contributed by atoms with Crippen molar-refractivity contribution in [1.82, 2.24) is 14.7 Å². The number of rotatable bonds is 46. The zero-order valence-electron chi connectivity index (χ0n) is 40.2. The lowest BCUT2D eigenvalue weighted by molar-refractivity contribution is -0.150. The van der Waals surface area contributed by atoms with Gasteiger partial charge in [0.25, 0.3) is 0 Å². The van der Waals surface area contributed by atoms with Gasteiger partial charge in [-0.3, -0.25) is 14.5 Å². The summed E-state index contributed by atoms with van der Waals surface area (Å²) in [6.45, 7) is 11.6. The molecule has 0 aliphatic heterocycles. The maximum Gasteiger partial charge on any atom is 0.306 e. The van der Waals surface area contributed by atoms with Gasteiger partial charge in [0, 0.05) is 32.5 Å². The number of carbonyl (C=O) groups is 2. The summed E-state index contributed by atoms with van der Waals surface area (Å²) in [6, 6.07) is 0. The van der Waals surface area contributed by atoms with E-state index in [1.165, 1.54) is 109 Å². The topological polar surface area (TPSA) is 103 Å². The number of aliphatic hydroxyl groups excluding tert-OH is 2. The Balaban J connectivity index is 4.74. The summed E-state index contributed by atoms with van der Waals surface area (Å²) in [5.74, 6) is -0.187. The lowest BCUT2D eigenvalue weighted by atomic mass is 10.0. The third-order valence-corrected chi connectivity index (χ3v) is 11.7. The Morgan fingerprint density at radius 3 is 1.47 bits per heavy atom. The molecule has 0 saturated carbocycles. The van der Waals surface area contributed by atoms with E-state index in [1.54, 1.807) is 0 Å². The third-order valence-electron chi connectivity index (χ3n) is 11.7. The van der Waals surface area contributed by atoms with Gasteiger partial charge in [-0.15, -0.1) is 0 Å². The summed E-state index contributed by atoms with van der Waals surface area (Å²) >= 11 is 0. The number of hydrogen-bond donors (Lipinski definition) is 2. The van der Waals surface area contributed by atoms with Gasteiger partial charge in [-0.25, -0.2) is 0 Å². The molecule has 0 aliphatic rings. The van der Waals surface area contributed by atoms with Crippen LogP contribution in [0.15, 0.2) is 0 Å². The molecule has 59 heavy (non-hydrogen) atoms. The van der Waals surface area contributed by atoms with Crippen LogP contribution in [0.4, 0.5) is 0 Å². The summed E-state index contributed by atoms with van der Waals surface area (Å²) in [5.41, 5.74) is 0. The lowest BCUT2D eigenvalue weighted by Crippen LogP contribution is -2.42. The number of unbranched alkanes of at least 4 members (excludes halogenated alkanes) is 21. The van der Waals surface area contributed by atoms with Crippen molar-refractivity contribution in [2.75, 3.05) is 67.0 Å². The van der Waals surface area contributed by atoms with Crippen molar-refractivity contribution in [3.63, 3.8) is 0 Å². The van der Waals surface area contributed by atoms with Gasteiger partial charge >= 0.3 is 11.9 Å². The van der Waals surface area contributed by atoms with E-state index >= 15 is 0 Å². The van der Waals surface area contributed by atoms with Gasteiger partial charge in [0.05, 0.1) is 18.8 Å². The zero-order valence-corrected chi connectivity index (χ0v) is 40.2. The molecule has 0 bridgehead atoms. The van der Waals surface area contributed by atoms with E-state index in [-0.39, 0.29) is 18.0 Å². The molecule has 0 aromatic carbocycles. The van der Waals surface area contributed by atoms with Gasteiger partial charge in [0.2, 0.25) is 0 Å². The third kappa shape index (κ3) is 41.8. The molecule has 0 amide bonds. The monoisotopic (exact) mass is 840 g/mol. The van der Waals surface area contributed by atoms with Crippen molar-refractivity contribution in [2.45, 2.75) is 245 Å². The second kappa shape index (κ2) is 43.4. The summed E-state index contributed by atoms with van der Waals surface area (Å²) in [4.78, 5) is 31.8. The number of carbonyl (C=O) groups excluding carboxylic acids is 2. The van der Waals surface area contributed by atoms with E-state index in [0.717, 1.165) is 90.3 Å². The van der Waals surface area contributed by atoms with Crippen molar-refractivity contribution in [3.05, 3.63) is 0 Å². The Labute approximate surface area is 366 Å². The van der Waals surface area contributed by atoms with Gasteiger partial charge < -0.3 is 29.5 Å². The van der Waals surface area contributed by atoms with Crippen LogP contribution in [-0.2, 0) is 19.1 Å². The highest BCUT2D eigenvalue weighted by molar-refractivity contribution is 5.69. The Morgan fingerprint density at radius 2 is 0.915 bits per heavy atom. The Morgan fingerprint density at radius 1 is 0.458 bits per heavy atom. The first-order valence-electron chi connectivity index (χ1n) is 25.4. The highest BCUT2D eigenvalue weighted by Gasteiger charge is 2.19. The molecule has 9 heteroatoms. The van der Waals surface area contributed by atoms with Crippen molar-refractivity contribution in [3.8, 4) is 0 Å². The number of nitrogens with zero attached hydrogens (tertiary/aromatic N) is 3. The smallest absolute Gasteiger partial charge is 0.306 e. The maximum absolute atomic E-state index is 12.9. The average molecular weight is 840 g/mol. The average Bonchev–Trinajstić information content (AvgIpc) is 3.19. The molecule has 2 N–H and O–H groups in total.